The van der Waals surface area contributed by atoms with Gasteiger partial charge in [-0.3, -0.25) is 9.36 Å². The smallest absolute Gasteiger partial charge is 0.349 e. The quantitative estimate of drug-likeness (QED) is 0.715. The highest BCUT2D eigenvalue weighted by Crippen LogP contribution is 2.35. The Balaban J connectivity index is 1.91. The summed E-state index contributed by atoms with van der Waals surface area (Å²) in [5, 5.41) is 16.2. The molecule has 0 saturated heterocycles. The number of anilines is 1. The van der Waals surface area contributed by atoms with E-state index in [2.05, 4.69) is 42.5 Å². The molecule has 29 heavy (non-hydrogen) atoms. The fraction of sp³-hybridized carbons (Fsp3) is 0.545. The molecule has 0 aliphatic heterocycles. The number of nitrogens with zero attached hydrogens (tertiary/aromatic N) is 3. The molecular formula is C22H29N5O2. The molecule has 1 aromatic carbocycles. The van der Waals surface area contributed by atoms with Crippen molar-refractivity contribution in [1.29, 1.82) is 5.26 Å². The molecule has 1 aromatic heterocycles. The second-order valence-electron chi connectivity index (χ2n) is 8.76. The summed E-state index contributed by atoms with van der Waals surface area (Å²) in [6.45, 7) is 6.48. The first-order chi connectivity index (χ1) is 13.7. The summed E-state index contributed by atoms with van der Waals surface area (Å²) >= 11 is 0. The van der Waals surface area contributed by atoms with Crippen molar-refractivity contribution < 1.29 is 4.79 Å². The van der Waals surface area contributed by atoms with Crippen molar-refractivity contribution in [3.8, 4) is 6.07 Å². The zero-order valence-corrected chi connectivity index (χ0v) is 17.6. The highest BCUT2D eigenvalue weighted by Gasteiger charge is 2.45. The van der Waals surface area contributed by atoms with E-state index in [-0.39, 0.29) is 17.0 Å². The van der Waals surface area contributed by atoms with Gasteiger partial charge in [-0.05, 0) is 43.2 Å². The Morgan fingerprint density at radius 2 is 2.07 bits per heavy atom. The number of amides is 1. The number of para-hydroxylation sites is 1. The Morgan fingerprint density at radius 1 is 1.38 bits per heavy atom. The number of rotatable bonds is 8. The molecule has 1 unspecified atom stereocenters. The molecule has 1 saturated carbocycles. The van der Waals surface area contributed by atoms with E-state index < -0.39 is 11.6 Å². The van der Waals surface area contributed by atoms with Crippen molar-refractivity contribution in [1.82, 2.24) is 14.9 Å². The average Bonchev–Trinajstić information content (AvgIpc) is 3.48. The van der Waals surface area contributed by atoms with E-state index in [4.69, 9.17) is 0 Å². The van der Waals surface area contributed by atoms with Crippen LogP contribution in [-0.4, -0.2) is 27.0 Å². The van der Waals surface area contributed by atoms with Gasteiger partial charge in [0.25, 0.3) is 0 Å². The lowest BCUT2D eigenvalue weighted by Gasteiger charge is -2.27. The van der Waals surface area contributed by atoms with Gasteiger partial charge in [-0.15, -0.1) is 0 Å². The van der Waals surface area contributed by atoms with Crippen LogP contribution in [0.1, 0.15) is 52.9 Å². The van der Waals surface area contributed by atoms with Crippen molar-refractivity contribution in [2.24, 2.45) is 12.5 Å². The molecule has 0 bridgehead atoms. The van der Waals surface area contributed by atoms with Gasteiger partial charge in [0.15, 0.2) is 0 Å². The Hall–Kier alpha value is -2.88. The second-order valence-corrected chi connectivity index (χ2v) is 8.76. The van der Waals surface area contributed by atoms with Crippen molar-refractivity contribution >= 4 is 22.6 Å². The molecule has 1 amide bonds. The van der Waals surface area contributed by atoms with E-state index in [9.17, 15) is 14.9 Å². The van der Waals surface area contributed by atoms with Crippen LogP contribution >= 0.6 is 0 Å². The summed E-state index contributed by atoms with van der Waals surface area (Å²) in [5.74, 6) is 0.183. The molecule has 1 fully saturated rings. The molecule has 0 radical (unpaired) electrons. The van der Waals surface area contributed by atoms with Crippen LogP contribution in [0.5, 0.6) is 0 Å². The number of carbonyl (C=O) groups excluding carboxylic acids is 1. The molecule has 2 N–H and O–H groups in total. The van der Waals surface area contributed by atoms with Crippen LogP contribution in [0.2, 0.25) is 0 Å². The summed E-state index contributed by atoms with van der Waals surface area (Å²) in [5.41, 5.74) is -0.275. The molecule has 7 heteroatoms. The van der Waals surface area contributed by atoms with Gasteiger partial charge in [-0.1, -0.05) is 39.3 Å². The van der Waals surface area contributed by atoms with Crippen molar-refractivity contribution in [2.75, 3.05) is 5.32 Å². The monoisotopic (exact) mass is 395 g/mol. The van der Waals surface area contributed by atoms with E-state index in [1.807, 2.05) is 24.3 Å². The maximum absolute atomic E-state index is 13.0. The van der Waals surface area contributed by atoms with Gasteiger partial charge in [-0.2, -0.15) is 10.2 Å². The predicted molar refractivity (Wildman–Crippen MR) is 113 cm³/mol. The zero-order chi connectivity index (χ0) is 21.2. The van der Waals surface area contributed by atoms with Crippen LogP contribution in [0, 0.1) is 16.7 Å². The first-order valence-electron chi connectivity index (χ1n) is 10.2. The van der Waals surface area contributed by atoms with E-state index in [1.165, 1.54) is 4.57 Å². The molecule has 3 rings (SSSR count). The normalized spacial score (nSPS) is 16.1. The Kier molecular flexibility index (Phi) is 5.65. The second kappa shape index (κ2) is 7.86. The summed E-state index contributed by atoms with van der Waals surface area (Å²) in [6, 6.07) is 9.11. The van der Waals surface area contributed by atoms with Gasteiger partial charge in [0.2, 0.25) is 5.91 Å². The number of aryl methyl sites for hydroxylation is 1. The molecule has 1 aliphatic carbocycles. The maximum Gasteiger partial charge on any atom is 0.349 e. The number of fused-ring (bicyclic) bond motifs is 1. The minimum Gasteiger partial charge on any atom is -0.358 e. The van der Waals surface area contributed by atoms with E-state index in [0.717, 1.165) is 23.7 Å². The van der Waals surface area contributed by atoms with Crippen LogP contribution in [0.3, 0.4) is 0 Å². The number of hydrogen-bond acceptors (Lipinski definition) is 5. The lowest BCUT2D eigenvalue weighted by Crippen LogP contribution is -2.46. The van der Waals surface area contributed by atoms with Crippen molar-refractivity contribution in [3.05, 3.63) is 34.7 Å². The van der Waals surface area contributed by atoms with Gasteiger partial charge in [0, 0.05) is 12.4 Å². The van der Waals surface area contributed by atoms with Crippen molar-refractivity contribution in [2.45, 2.75) is 64.5 Å². The number of hydrogen-bond donors (Lipinski definition) is 2. The lowest BCUT2D eigenvalue weighted by molar-refractivity contribution is -0.122. The summed E-state index contributed by atoms with van der Waals surface area (Å²) in [7, 11) is 1.68. The number of aromatic nitrogens is 2. The zero-order valence-electron chi connectivity index (χ0n) is 17.6. The third-order valence-electron chi connectivity index (χ3n) is 6.04. The van der Waals surface area contributed by atoms with Crippen LogP contribution in [-0.2, 0) is 11.8 Å². The molecule has 1 heterocycles. The predicted octanol–water partition coefficient (Wildman–Crippen LogP) is 3.10. The van der Waals surface area contributed by atoms with Crippen LogP contribution in [0.25, 0.3) is 10.9 Å². The van der Waals surface area contributed by atoms with Gasteiger partial charge >= 0.3 is 5.69 Å². The standard InChI is InChI=1S/C22H29N5O2/c1-5-21(2,3)11-10-16(19(28)26-22(14-23)12-13-22)24-18-15-8-6-7-9-17(15)27(4)20(29)25-18/h6-9,16H,5,10-13H2,1-4H3,(H,26,28)(H,24,25,29). The Morgan fingerprint density at radius 3 is 2.69 bits per heavy atom. The van der Waals surface area contributed by atoms with Gasteiger partial charge < -0.3 is 10.6 Å². The summed E-state index contributed by atoms with van der Waals surface area (Å²) < 4.78 is 1.49. The number of benzene rings is 1. The average molecular weight is 396 g/mol. The van der Waals surface area contributed by atoms with E-state index in [0.29, 0.717) is 25.1 Å². The Labute approximate surface area is 171 Å². The minimum atomic E-state index is -0.737. The summed E-state index contributed by atoms with van der Waals surface area (Å²) in [4.78, 5) is 29.5. The third kappa shape index (κ3) is 4.58. The third-order valence-corrected chi connectivity index (χ3v) is 6.04. The molecule has 154 valence electrons. The molecule has 7 nitrogen and oxygen atoms in total. The first kappa shape index (κ1) is 20.8. The molecular weight excluding hydrogens is 366 g/mol. The lowest BCUT2D eigenvalue weighted by atomic mass is 9.83. The highest BCUT2D eigenvalue weighted by atomic mass is 16.2. The largest absolute Gasteiger partial charge is 0.358 e. The number of nitrogens with one attached hydrogen (secondary N) is 2. The SMILES string of the molecule is CCC(C)(C)CCC(Nc1nc(=O)n(C)c2ccccc12)C(=O)NC1(C#N)CC1. The fourth-order valence-corrected chi connectivity index (χ4v) is 3.27. The molecule has 1 atom stereocenters. The van der Waals surface area contributed by atoms with E-state index in [1.54, 1.807) is 7.05 Å². The van der Waals surface area contributed by atoms with Gasteiger partial charge in [-0.25, -0.2) is 4.79 Å². The number of nitriles is 1. The molecule has 1 aliphatic rings. The van der Waals surface area contributed by atoms with Crippen LogP contribution < -0.4 is 16.3 Å². The fourth-order valence-electron chi connectivity index (χ4n) is 3.27. The van der Waals surface area contributed by atoms with Gasteiger partial charge in [0.1, 0.15) is 17.4 Å². The van der Waals surface area contributed by atoms with Crippen LogP contribution in [0.15, 0.2) is 29.1 Å². The van der Waals surface area contributed by atoms with E-state index >= 15 is 0 Å². The van der Waals surface area contributed by atoms with Crippen LogP contribution in [0.4, 0.5) is 5.82 Å². The topological polar surface area (TPSA) is 99.8 Å². The first-order valence-corrected chi connectivity index (χ1v) is 10.2. The summed E-state index contributed by atoms with van der Waals surface area (Å²) in [6.07, 6.45) is 3.76. The molecule has 0 spiro atoms. The Bertz CT molecular complexity index is 1010. The maximum atomic E-state index is 13.0. The highest BCUT2D eigenvalue weighted by molar-refractivity contribution is 5.92. The minimum absolute atomic E-state index is 0.0923. The number of carbonyl (C=O) groups is 1. The molecule has 2 aromatic rings. The van der Waals surface area contributed by atoms with Crippen molar-refractivity contribution in [3.63, 3.8) is 0 Å². The van der Waals surface area contributed by atoms with Gasteiger partial charge in [0.05, 0.1) is 11.6 Å².